The van der Waals surface area contributed by atoms with E-state index < -0.39 is 16.0 Å². The predicted molar refractivity (Wildman–Crippen MR) is 113 cm³/mol. The van der Waals surface area contributed by atoms with E-state index in [9.17, 15) is 18.0 Å². The third-order valence-electron chi connectivity index (χ3n) is 5.25. The van der Waals surface area contributed by atoms with Crippen LogP contribution in [0.3, 0.4) is 0 Å². The monoisotopic (exact) mass is 452 g/mol. The van der Waals surface area contributed by atoms with Crippen molar-refractivity contribution in [2.75, 3.05) is 40.0 Å². The number of methoxy groups -OCH3 is 1. The van der Waals surface area contributed by atoms with Gasteiger partial charge in [-0.05, 0) is 36.6 Å². The summed E-state index contributed by atoms with van der Waals surface area (Å²) in [5.74, 6) is -0.790. The molecular weight excluding hydrogens is 424 g/mol. The van der Waals surface area contributed by atoms with Crippen molar-refractivity contribution in [2.45, 2.75) is 36.6 Å². The number of esters is 1. The maximum absolute atomic E-state index is 13.0. The first-order chi connectivity index (χ1) is 14.9. The summed E-state index contributed by atoms with van der Waals surface area (Å²) in [7, 11) is -2.37. The molecule has 1 saturated heterocycles. The fraction of sp³-hybridized carbons (Fsp3) is 0.524. The second kappa shape index (κ2) is 10.7. The van der Waals surface area contributed by atoms with Crippen molar-refractivity contribution in [1.29, 1.82) is 0 Å². The molecule has 0 bridgehead atoms. The quantitative estimate of drug-likeness (QED) is 0.468. The minimum absolute atomic E-state index is 0.0170. The van der Waals surface area contributed by atoms with Gasteiger partial charge in [0.05, 0.1) is 20.3 Å². The molecule has 1 aromatic rings. The average molecular weight is 453 g/mol. The van der Waals surface area contributed by atoms with E-state index in [0.29, 0.717) is 18.8 Å². The van der Waals surface area contributed by atoms with E-state index in [1.54, 1.807) is 6.07 Å². The van der Waals surface area contributed by atoms with E-state index in [-0.39, 0.29) is 42.3 Å². The Hall–Kier alpha value is -2.43. The lowest BCUT2D eigenvalue weighted by Crippen LogP contribution is -2.40. The van der Waals surface area contributed by atoms with E-state index >= 15 is 0 Å². The summed E-state index contributed by atoms with van der Waals surface area (Å²) in [5, 5.41) is 2.84. The number of sulfonamides is 1. The molecule has 31 heavy (non-hydrogen) atoms. The molecule has 170 valence electrons. The van der Waals surface area contributed by atoms with E-state index in [0.717, 1.165) is 31.8 Å². The molecule has 1 aliphatic carbocycles. The Kier molecular flexibility index (Phi) is 8.05. The molecule has 2 aliphatic rings. The maximum Gasteiger partial charge on any atom is 0.331 e. The van der Waals surface area contributed by atoms with Crippen LogP contribution in [0.5, 0.6) is 5.75 Å². The highest BCUT2D eigenvalue weighted by Crippen LogP contribution is 2.28. The van der Waals surface area contributed by atoms with Gasteiger partial charge >= 0.3 is 5.97 Å². The second-order valence-electron chi connectivity index (χ2n) is 7.42. The fourth-order valence-electron chi connectivity index (χ4n) is 3.61. The van der Waals surface area contributed by atoms with Gasteiger partial charge in [0, 0.05) is 25.2 Å². The maximum atomic E-state index is 13.0. The third-order valence-corrected chi connectivity index (χ3v) is 7.17. The summed E-state index contributed by atoms with van der Waals surface area (Å²) in [6, 6.07) is 4.77. The van der Waals surface area contributed by atoms with Gasteiger partial charge in [-0.3, -0.25) is 4.79 Å². The van der Waals surface area contributed by atoms with Crippen molar-refractivity contribution in [2.24, 2.45) is 0 Å². The van der Waals surface area contributed by atoms with Gasteiger partial charge in [-0.15, -0.1) is 0 Å². The predicted octanol–water partition coefficient (Wildman–Crippen LogP) is 1.33. The zero-order chi connectivity index (χ0) is 22.3. The van der Waals surface area contributed by atoms with Crippen LogP contribution < -0.4 is 10.1 Å². The van der Waals surface area contributed by atoms with Gasteiger partial charge < -0.3 is 19.5 Å². The van der Waals surface area contributed by atoms with Crippen LogP contribution in [0.1, 0.15) is 31.2 Å². The molecular formula is C21H28N2O7S. The first-order valence-corrected chi connectivity index (χ1v) is 11.7. The van der Waals surface area contributed by atoms with Gasteiger partial charge in [-0.1, -0.05) is 18.9 Å². The number of amides is 1. The molecule has 1 aromatic carbocycles. The van der Waals surface area contributed by atoms with Gasteiger partial charge in [0.15, 0.2) is 6.61 Å². The van der Waals surface area contributed by atoms with E-state index in [2.05, 4.69) is 5.32 Å². The zero-order valence-corrected chi connectivity index (χ0v) is 18.4. The molecule has 0 spiro atoms. The van der Waals surface area contributed by atoms with Gasteiger partial charge in [-0.25, -0.2) is 13.2 Å². The summed E-state index contributed by atoms with van der Waals surface area (Å²) in [4.78, 5) is 23.8. The Bertz CT molecular complexity index is 918. The number of nitrogens with one attached hydrogen (secondary N) is 1. The van der Waals surface area contributed by atoms with Gasteiger partial charge in [0.25, 0.3) is 5.91 Å². The van der Waals surface area contributed by atoms with Crippen LogP contribution in [-0.2, 0) is 29.1 Å². The Morgan fingerprint density at radius 1 is 1.23 bits per heavy atom. The Labute approximate surface area is 182 Å². The average Bonchev–Trinajstić information content (AvgIpc) is 3.29. The van der Waals surface area contributed by atoms with Crippen LogP contribution in [0.25, 0.3) is 6.08 Å². The number of carbonyl (C=O) groups excluding carboxylic acids is 2. The molecule has 9 nitrogen and oxygen atoms in total. The third kappa shape index (κ3) is 6.28. The lowest BCUT2D eigenvalue weighted by atomic mass is 10.2. The van der Waals surface area contributed by atoms with Crippen LogP contribution in [0, 0.1) is 0 Å². The molecule has 1 saturated carbocycles. The number of hydrogen-bond acceptors (Lipinski definition) is 7. The zero-order valence-electron chi connectivity index (χ0n) is 17.5. The minimum Gasteiger partial charge on any atom is -0.495 e. The summed E-state index contributed by atoms with van der Waals surface area (Å²) >= 11 is 0. The van der Waals surface area contributed by atoms with Crippen LogP contribution in [0.4, 0.5) is 0 Å². The van der Waals surface area contributed by atoms with Crippen LogP contribution in [-0.4, -0.2) is 70.7 Å². The molecule has 10 heteroatoms. The minimum atomic E-state index is -3.77. The Balaban J connectivity index is 1.63. The topological polar surface area (TPSA) is 111 Å². The number of benzene rings is 1. The van der Waals surface area contributed by atoms with E-state index in [1.165, 1.54) is 29.6 Å². The first-order valence-electron chi connectivity index (χ1n) is 10.3. The van der Waals surface area contributed by atoms with Gasteiger partial charge in [0.1, 0.15) is 10.6 Å². The smallest absolute Gasteiger partial charge is 0.331 e. The molecule has 0 radical (unpaired) electrons. The lowest BCUT2D eigenvalue weighted by molar-refractivity contribution is -0.144. The van der Waals surface area contributed by atoms with Crippen molar-refractivity contribution in [3.05, 3.63) is 29.8 Å². The highest BCUT2D eigenvalue weighted by Gasteiger charge is 2.29. The highest BCUT2D eigenvalue weighted by atomic mass is 32.2. The van der Waals surface area contributed by atoms with Crippen molar-refractivity contribution in [1.82, 2.24) is 9.62 Å². The number of rotatable bonds is 8. The standard InChI is InChI=1S/C21H28N2O7S/c1-28-18-8-6-16(14-19(18)31(26,27)23-10-12-29-13-11-23)7-9-21(25)30-15-20(24)22-17-4-2-3-5-17/h6-9,14,17H,2-5,10-13,15H2,1H3,(H,22,24)/b9-7+. The number of ether oxygens (including phenoxy) is 3. The molecule has 0 unspecified atom stereocenters. The van der Waals surface area contributed by atoms with Gasteiger partial charge in [0.2, 0.25) is 10.0 Å². The normalized spacial score (nSPS) is 18.2. The summed E-state index contributed by atoms with van der Waals surface area (Å²) in [5.41, 5.74) is 0.486. The number of morpholine rings is 1. The van der Waals surface area contributed by atoms with E-state index in [1.807, 2.05) is 0 Å². The largest absolute Gasteiger partial charge is 0.495 e. The summed E-state index contributed by atoms with van der Waals surface area (Å²) < 4.78 is 42.8. The molecule has 2 fully saturated rings. The van der Waals surface area contributed by atoms with Gasteiger partial charge in [-0.2, -0.15) is 4.31 Å². The lowest BCUT2D eigenvalue weighted by Gasteiger charge is -2.26. The first kappa shape index (κ1) is 23.2. The van der Waals surface area contributed by atoms with E-state index in [4.69, 9.17) is 14.2 Å². The van der Waals surface area contributed by atoms with Crippen LogP contribution in [0.2, 0.25) is 0 Å². The second-order valence-corrected chi connectivity index (χ2v) is 9.32. The molecule has 1 amide bonds. The molecule has 1 heterocycles. The molecule has 0 aromatic heterocycles. The molecule has 3 rings (SSSR count). The van der Waals surface area contributed by atoms with Crippen LogP contribution >= 0.6 is 0 Å². The Morgan fingerprint density at radius 3 is 2.61 bits per heavy atom. The molecule has 1 aliphatic heterocycles. The summed E-state index contributed by atoms with van der Waals surface area (Å²) in [6.45, 7) is 0.850. The number of carbonyl (C=O) groups is 2. The number of hydrogen-bond donors (Lipinski definition) is 1. The number of nitrogens with zero attached hydrogens (tertiary/aromatic N) is 1. The van der Waals surface area contributed by atoms with Crippen molar-refractivity contribution in [3.8, 4) is 5.75 Å². The van der Waals surface area contributed by atoms with Crippen molar-refractivity contribution in [3.63, 3.8) is 0 Å². The fourth-order valence-corrected chi connectivity index (χ4v) is 5.21. The van der Waals surface area contributed by atoms with Crippen molar-refractivity contribution >= 4 is 28.0 Å². The Morgan fingerprint density at radius 2 is 1.94 bits per heavy atom. The highest BCUT2D eigenvalue weighted by molar-refractivity contribution is 7.89. The van der Waals surface area contributed by atoms with Crippen LogP contribution in [0.15, 0.2) is 29.2 Å². The SMILES string of the molecule is COc1ccc(/C=C/C(=O)OCC(=O)NC2CCCC2)cc1S(=O)(=O)N1CCOCC1. The molecule has 0 atom stereocenters. The van der Waals surface area contributed by atoms with Crippen molar-refractivity contribution < 1.29 is 32.2 Å². The summed E-state index contributed by atoms with van der Waals surface area (Å²) in [6.07, 6.45) is 6.70. The molecule has 1 N–H and O–H groups in total.